The Bertz CT molecular complexity index is 842. The molecule has 1 heterocycles. The number of nitrogens with zero attached hydrogens (tertiary/aromatic N) is 2. The van der Waals surface area contributed by atoms with Crippen LogP contribution in [-0.2, 0) is 10.2 Å². The molecule has 0 atom stereocenters. The Kier molecular flexibility index (Phi) is 6.63. The van der Waals surface area contributed by atoms with Crippen molar-refractivity contribution in [1.82, 2.24) is 4.90 Å². The summed E-state index contributed by atoms with van der Waals surface area (Å²) in [5.74, 6) is 0.982. The maximum absolute atomic E-state index is 12.6. The van der Waals surface area contributed by atoms with Gasteiger partial charge in [-0.3, -0.25) is 4.79 Å². The standard InChI is InChI=1S/C25H32N2O2/c1-5-29-23-9-7-6-8-22(23)26-16-18-27(19-17-26)24(28)15-12-20-10-13-21(14-11-20)25(2,3)4/h6-15H,5,16-19H2,1-4H3/b15-12+. The fourth-order valence-electron chi connectivity index (χ4n) is 3.53. The molecular formula is C25H32N2O2. The van der Waals surface area contributed by atoms with Gasteiger partial charge in [-0.05, 0) is 41.7 Å². The number of amides is 1. The number of piperazine rings is 1. The van der Waals surface area contributed by atoms with Crippen LogP contribution in [0.4, 0.5) is 5.69 Å². The molecule has 1 aliphatic rings. The van der Waals surface area contributed by atoms with Crippen LogP contribution in [0.1, 0.15) is 38.8 Å². The third-order valence-electron chi connectivity index (χ3n) is 5.29. The third kappa shape index (κ3) is 5.41. The third-order valence-corrected chi connectivity index (χ3v) is 5.29. The monoisotopic (exact) mass is 392 g/mol. The van der Waals surface area contributed by atoms with Gasteiger partial charge in [-0.25, -0.2) is 0 Å². The van der Waals surface area contributed by atoms with E-state index in [0.29, 0.717) is 19.7 Å². The minimum absolute atomic E-state index is 0.0719. The van der Waals surface area contributed by atoms with Gasteiger partial charge in [0.05, 0.1) is 12.3 Å². The van der Waals surface area contributed by atoms with E-state index in [1.807, 2.05) is 36.1 Å². The van der Waals surface area contributed by atoms with Crippen LogP contribution >= 0.6 is 0 Å². The minimum Gasteiger partial charge on any atom is -0.492 e. The van der Waals surface area contributed by atoms with Gasteiger partial charge >= 0.3 is 0 Å². The summed E-state index contributed by atoms with van der Waals surface area (Å²) in [6.45, 7) is 12.3. The van der Waals surface area contributed by atoms with E-state index in [1.165, 1.54) is 5.56 Å². The molecule has 2 aromatic carbocycles. The van der Waals surface area contributed by atoms with Crippen molar-refractivity contribution in [2.75, 3.05) is 37.7 Å². The minimum atomic E-state index is 0.0719. The number of hydrogen-bond acceptors (Lipinski definition) is 3. The smallest absolute Gasteiger partial charge is 0.246 e. The summed E-state index contributed by atoms with van der Waals surface area (Å²) in [6, 6.07) is 16.5. The second-order valence-corrected chi connectivity index (χ2v) is 8.42. The molecule has 4 nitrogen and oxygen atoms in total. The fraction of sp³-hybridized carbons (Fsp3) is 0.400. The molecule has 0 N–H and O–H groups in total. The molecule has 4 heteroatoms. The second kappa shape index (κ2) is 9.17. The Morgan fingerprint density at radius 2 is 1.66 bits per heavy atom. The fourth-order valence-corrected chi connectivity index (χ4v) is 3.53. The molecule has 3 rings (SSSR count). The molecule has 2 aromatic rings. The molecule has 1 amide bonds. The van der Waals surface area contributed by atoms with Gasteiger partial charge in [0.2, 0.25) is 5.91 Å². The van der Waals surface area contributed by atoms with Gasteiger partial charge in [0.25, 0.3) is 0 Å². The van der Waals surface area contributed by atoms with Crippen LogP contribution in [0.25, 0.3) is 6.08 Å². The molecule has 0 bridgehead atoms. The molecule has 154 valence electrons. The Labute approximate surface area is 174 Å². The van der Waals surface area contributed by atoms with Crippen LogP contribution in [0, 0.1) is 0 Å². The summed E-state index contributed by atoms with van der Waals surface area (Å²) < 4.78 is 5.75. The molecule has 29 heavy (non-hydrogen) atoms. The highest BCUT2D eigenvalue weighted by atomic mass is 16.5. The highest BCUT2D eigenvalue weighted by molar-refractivity contribution is 5.92. The lowest BCUT2D eigenvalue weighted by Crippen LogP contribution is -2.48. The van der Waals surface area contributed by atoms with Crippen molar-refractivity contribution >= 4 is 17.7 Å². The Hall–Kier alpha value is -2.75. The van der Waals surface area contributed by atoms with E-state index < -0.39 is 0 Å². The zero-order valence-electron chi connectivity index (χ0n) is 18.0. The summed E-state index contributed by atoms with van der Waals surface area (Å²) in [5.41, 5.74) is 3.59. The van der Waals surface area contributed by atoms with Crippen LogP contribution in [0.5, 0.6) is 5.75 Å². The molecule has 1 fully saturated rings. The Balaban J connectivity index is 1.57. The highest BCUT2D eigenvalue weighted by Crippen LogP contribution is 2.29. The topological polar surface area (TPSA) is 32.8 Å². The predicted molar refractivity (Wildman–Crippen MR) is 121 cm³/mol. The average Bonchev–Trinajstić information content (AvgIpc) is 2.72. The second-order valence-electron chi connectivity index (χ2n) is 8.42. The zero-order valence-corrected chi connectivity index (χ0v) is 18.0. The van der Waals surface area contributed by atoms with E-state index >= 15 is 0 Å². The van der Waals surface area contributed by atoms with Crippen LogP contribution in [0.3, 0.4) is 0 Å². The lowest BCUT2D eigenvalue weighted by molar-refractivity contribution is -0.126. The number of rotatable bonds is 5. The first kappa shape index (κ1) is 21.0. The molecule has 0 unspecified atom stereocenters. The van der Waals surface area contributed by atoms with E-state index in [1.54, 1.807) is 6.08 Å². The van der Waals surface area contributed by atoms with Crippen molar-refractivity contribution in [3.8, 4) is 5.75 Å². The van der Waals surface area contributed by atoms with Gasteiger partial charge < -0.3 is 14.5 Å². The summed E-state index contributed by atoms with van der Waals surface area (Å²) in [6.07, 6.45) is 3.60. The molecule has 0 spiro atoms. The Morgan fingerprint density at radius 3 is 2.28 bits per heavy atom. The lowest BCUT2D eigenvalue weighted by atomic mass is 9.87. The molecule has 0 saturated carbocycles. The number of para-hydroxylation sites is 2. The van der Waals surface area contributed by atoms with E-state index in [2.05, 4.69) is 56.0 Å². The van der Waals surface area contributed by atoms with Gasteiger partial charge in [-0.2, -0.15) is 0 Å². The van der Waals surface area contributed by atoms with Crippen molar-refractivity contribution in [1.29, 1.82) is 0 Å². The quantitative estimate of drug-likeness (QED) is 0.689. The molecule has 0 aliphatic carbocycles. The average molecular weight is 393 g/mol. The molecule has 1 aliphatic heterocycles. The van der Waals surface area contributed by atoms with E-state index in [0.717, 1.165) is 30.1 Å². The predicted octanol–water partition coefficient (Wildman–Crippen LogP) is 4.74. The van der Waals surface area contributed by atoms with Crippen LogP contribution in [-0.4, -0.2) is 43.6 Å². The van der Waals surface area contributed by atoms with E-state index in [4.69, 9.17) is 4.74 Å². The number of benzene rings is 2. The number of carbonyl (C=O) groups is 1. The first-order valence-electron chi connectivity index (χ1n) is 10.4. The first-order chi connectivity index (χ1) is 13.9. The summed E-state index contributed by atoms with van der Waals surface area (Å²) in [4.78, 5) is 16.8. The normalized spacial score (nSPS) is 15.0. The van der Waals surface area contributed by atoms with Gasteiger partial charge in [-0.1, -0.05) is 57.2 Å². The highest BCUT2D eigenvalue weighted by Gasteiger charge is 2.21. The van der Waals surface area contributed by atoms with Crippen molar-refractivity contribution in [2.45, 2.75) is 33.1 Å². The van der Waals surface area contributed by atoms with Crippen molar-refractivity contribution < 1.29 is 9.53 Å². The van der Waals surface area contributed by atoms with Crippen LogP contribution in [0.2, 0.25) is 0 Å². The largest absolute Gasteiger partial charge is 0.492 e. The van der Waals surface area contributed by atoms with Crippen molar-refractivity contribution in [2.24, 2.45) is 0 Å². The van der Waals surface area contributed by atoms with Gasteiger partial charge in [0, 0.05) is 32.3 Å². The van der Waals surface area contributed by atoms with Crippen LogP contribution in [0.15, 0.2) is 54.6 Å². The van der Waals surface area contributed by atoms with E-state index in [-0.39, 0.29) is 11.3 Å². The van der Waals surface area contributed by atoms with Crippen molar-refractivity contribution in [3.05, 3.63) is 65.7 Å². The zero-order chi connectivity index (χ0) is 20.9. The van der Waals surface area contributed by atoms with Gasteiger partial charge in [0.15, 0.2) is 0 Å². The molecule has 0 radical (unpaired) electrons. The number of ether oxygens (including phenoxy) is 1. The first-order valence-corrected chi connectivity index (χ1v) is 10.4. The molecular weight excluding hydrogens is 360 g/mol. The number of hydrogen-bond donors (Lipinski definition) is 0. The van der Waals surface area contributed by atoms with Gasteiger partial charge in [0.1, 0.15) is 5.75 Å². The van der Waals surface area contributed by atoms with E-state index in [9.17, 15) is 4.79 Å². The maximum atomic E-state index is 12.6. The van der Waals surface area contributed by atoms with Gasteiger partial charge in [-0.15, -0.1) is 0 Å². The van der Waals surface area contributed by atoms with Crippen molar-refractivity contribution in [3.63, 3.8) is 0 Å². The SMILES string of the molecule is CCOc1ccccc1N1CCN(C(=O)/C=C/c2ccc(C(C)(C)C)cc2)CC1. The maximum Gasteiger partial charge on any atom is 0.246 e. The number of anilines is 1. The molecule has 0 aromatic heterocycles. The number of carbonyl (C=O) groups excluding carboxylic acids is 1. The Morgan fingerprint density at radius 1 is 1.00 bits per heavy atom. The summed E-state index contributed by atoms with van der Waals surface area (Å²) in [7, 11) is 0. The van der Waals surface area contributed by atoms with Crippen LogP contribution < -0.4 is 9.64 Å². The summed E-state index contributed by atoms with van der Waals surface area (Å²) >= 11 is 0. The molecule has 1 saturated heterocycles. The lowest BCUT2D eigenvalue weighted by Gasteiger charge is -2.36. The summed E-state index contributed by atoms with van der Waals surface area (Å²) in [5, 5.41) is 0.